The molecule has 0 saturated heterocycles. The first-order valence-electron chi connectivity index (χ1n) is 14.4. The van der Waals surface area contributed by atoms with E-state index < -0.39 is 8.07 Å². The van der Waals surface area contributed by atoms with Crippen LogP contribution in [0.15, 0.2) is 140 Å². The first-order chi connectivity index (χ1) is 19.3. The minimum Gasteiger partial charge on any atom is -0.340 e. The maximum Gasteiger partial charge on any atom is 0.206 e. The predicted molar refractivity (Wildman–Crippen MR) is 171 cm³/mol. The van der Waals surface area contributed by atoms with Gasteiger partial charge in [0.1, 0.15) is 8.07 Å². The molecular weight excluding hydrogens is 487 g/mol. The summed E-state index contributed by atoms with van der Waals surface area (Å²) < 4.78 is 2.32. The number of rotatable bonds is 7. The summed E-state index contributed by atoms with van der Waals surface area (Å²) in [5.41, 5.74) is 3.55. The van der Waals surface area contributed by atoms with E-state index in [1.807, 2.05) is 12.5 Å². The Morgan fingerprint density at radius 1 is 0.667 bits per heavy atom. The maximum atomic E-state index is 4.32. The molecule has 1 fully saturated rings. The van der Waals surface area contributed by atoms with E-state index in [1.165, 1.54) is 43.0 Å². The minimum atomic E-state index is -1.93. The summed E-state index contributed by atoms with van der Waals surface area (Å²) in [5.74, 6) is 0. The van der Waals surface area contributed by atoms with Crippen LogP contribution >= 0.6 is 0 Å². The van der Waals surface area contributed by atoms with Crippen LogP contribution in [0.1, 0.15) is 32.1 Å². The van der Waals surface area contributed by atoms with Crippen molar-refractivity contribution in [1.82, 2.24) is 9.55 Å². The highest BCUT2D eigenvalue weighted by Crippen LogP contribution is 2.37. The molecule has 0 unspecified atom stereocenters. The van der Waals surface area contributed by atoms with Gasteiger partial charge in [-0.3, -0.25) is 0 Å². The molecule has 1 saturated carbocycles. The van der Waals surface area contributed by atoms with Crippen LogP contribution < -0.4 is 21.3 Å². The highest BCUT2D eigenvalue weighted by Gasteiger charge is 2.45. The molecule has 0 spiro atoms. The Hall–Kier alpha value is -3.63. The first-order valence-corrected chi connectivity index (χ1v) is 16.7. The van der Waals surface area contributed by atoms with Gasteiger partial charge in [0.25, 0.3) is 0 Å². The molecule has 1 heterocycles. The molecule has 0 amide bonds. The van der Waals surface area contributed by atoms with E-state index in [9.17, 15) is 0 Å². The largest absolute Gasteiger partial charge is 0.340 e. The topological polar surface area (TPSA) is 17.8 Å². The average molecular weight is 527 g/mol. The van der Waals surface area contributed by atoms with Crippen LogP contribution in [-0.2, 0) is 6.17 Å². The molecular formula is C35H39BN2Si. The Bertz CT molecular complexity index is 1270. The molecule has 4 aromatic carbocycles. The van der Waals surface area contributed by atoms with Gasteiger partial charge in [-0.2, -0.15) is 0 Å². The van der Waals surface area contributed by atoms with Gasteiger partial charge in [0, 0.05) is 18.6 Å². The summed E-state index contributed by atoms with van der Waals surface area (Å²) in [6.07, 6.45) is 14.0. The second-order valence-corrected chi connectivity index (χ2v) is 15.0. The lowest BCUT2D eigenvalue weighted by Crippen LogP contribution is -2.64. The Balaban J connectivity index is 0.000000186. The van der Waals surface area contributed by atoms with E-state index >= 15 is 0 Å². The lowest BCUT2D eigenvalue weighted by atomic mass is 9.43. The van der Waals surface area contributed by atoms with Crippen molar-refractivity contribution in [3.63, 3.8) is 0 Å². The van der Waals surface area contributed by atoms with Crippen LogP contribution in [0.2, 0.25) is 12.4 Å². The van der Waals surface area contributed by atoms with Crippen molar-refractivity contribution in [2.75, 3.05) is 0 Å². The molecule has 4 heteroatoms. The van der Waals surface area contributed by atoms with Crippen molar-refractivity contribution in [3.05, 3.63) is 140 Å². The monoisotopic (exact) mass is 526 g/mol. The minimum absolute atomic E-state index is 0.484. The van der Waals surface area contributed by atoms with Crippen molar-refractivity contribution >= 4 is 36.1 Å². The molecule has 1 aliphatic rings. The third kappa shape index (κ3) is 6.51. The Labute approximate surface area is 235 Å². The predicted octanol–water partition coefficient (Wildman–Crippen LogP) is 5.95. The van der Waals surface area contributed by atoms with Crippen LogP contribution in [0.5, 0.6) is 0 Å². The molecule has 196 valence electrons. The van der Waals surface area contributed by atoms with E-state index in [0.717, 1.165) is 11.7 Å². The Kier molecular flexibility index (Phi) is 9.29. The first kappa shape index (κ1) is 27.0. The molecule has 5 aromatic rings. The molecule has 6 rings (SSSR count). The van der Waals surface area contributed by atoms with E-state index in [-0.39, 0.29) is 0 Å². The smallest absolute Gasteiger partial charge is 0.206 e. The zero-order valence-corrected chi connectivity index (χ0v) is 24.1. The van der Waals surface area contributed by atoms with Crippen molar-refractivity contribution in [2.45, 2.75) is 50.6 Å². The molecule has 0 aliphatic heterocycles. The van der Waals surface area contributed by atoms with Crippen molar-refractivity contribution in [1.29, 1.82) is 0 Å². The van der Waals surface area contributed by atoms with Gasteiger partial charge in [-0.15, -0.1) is 0 Å². The van der Waals surface area contributed by atoms with Crippen LogP contribution in [0, 0.1) is 0 Å². The molecule has 0 radical (unpaired) electrons. The lowest BCUT2D eigenvalue weighted by molar-refractivity contribution is 0.491. The number of benzene rings is 4. The lowest BCUT2D eigenvalue weighted by Gasteiger charge is -2.42. The van der Waals surface area contributed by atoms with Crippen LogP contribution in [0.3, 0.4) is 0 Å². The molecule has 39 heavy (non-hydrogen) atoms. The fourth-order valence-electron chi connectivity index (χ4n) is 6.36. The van der Waals surface area contributed by atoms with Crippen molar-refractivity contribution < 1.29 is 0 Å². The third-order valence-corrected chi connectivity index (χ3v) is 14.0. The molecule has 1 aromatic heterocycles. The van der Waals surface area contributed by atoms with Crippen LogP contribution in [0.4, 0.5) is 0 Å². The van der Waals surface area contributed by atoms with Crippen LogP contribution in [-0.4, -0.2) is 24.3 Å². The average Bonchev–Trinajstić information content (AvgIpc) is 3.55. The fraction of sp³-hybridized carbons (Fsp3) is 0.229. The Morgan fingerprint density at radius 2 is 1.13 bits per heavy atom. The number of imidazole rings is 1. The summed E-state index contributed by atoms with van der Waals surface area (Å²) >= 11 is 0. The van der Waals surface area contributed by atoms with Gasteiger partial charge in [0.2, 0.25) is 6.71 Å². The van der Waals surface area contributed by atoms with E-state index in [1.54, 1.807) is 10.4 Å². The standard InChI is InChI=1S/C22H26N2Si.C13H13B/c1-4-10-20(11-5-1)25(19-24-17-16-23-18-24,21-12-6-2-7-13-21)22-14-8-3-9-15-22;1-14(12-8-4-2-5-9-12)13-10-6-3-7-11-13/h1-2,4-7,10-13,16-18,22H,3,8-9,14-15,19H2;2-11H,1H3. The summed E-state index contributed by atoms with van der Waals surface area (Å²) in [6.45, 7) is 2.72. The number of nitrogens with zero attached hydrogens (tertiary/aromatic N) is 2. The van der Waals surface area contributed by atoms with Gasteiger partial charge in [-0.25, -0.2) is 4.98 Å². The van der Waals surface area contributed by atoms with Crippen LogP contribution in [0.25, 0.3) is 0 Å². The number of hydrogen-bond acceptors (Lipinski definition) is 1. The normalized spacial score (nSPS) is 13.8. The highest BCUT2D eigenvalue weighted by molar-refractivity contribution is 7.02. The van der Waals surface area contributed by atoms with Gasteiger partial charge in [0.15, 0.2) is 0 Å². The number of aromatic nitrogens is 2. The second kappa shape index (κ2) is 13.4. The molecule has 2 nitrogen and oxygen atoms in total. The summed E-state index contributed by atoms with van der Waals surface area (Å²) in [6, 6.07) is 43.9. The van der Waals surface area contributed by atoms with Crippen molar-refractivity contribution in [3.8, 4) is 0 Å². The van der Waals surface area contributed by atoms with E-state index in [0.29, 0.717) is 6.71 Å². The van der Waals surface area contributed by atoms with Gasteiger partial charge in [0.05, 0.1) is 6.33 Å². The van der Waals surface area contributed by atoms with Gasteiger partial charge < -0.3 is 4.57 Å². The van der Waals surface area contributed by atoms with Gasteiger partial charge in [-0.1, -0.05) is 182 Å². The third-order valence-electron chi connectivity index (χ3n) is 8.47. The van der Waals surface area contributed by atoms with Crippen molar-refractivity contribution in [2.24, 2.45) is 0 Å². The van der Waals surface area contributed by atoms with Gasteiger partial charge in [-0.05, 0) is 5.54 Å². The summed E-state index contributed by atoms with van der Waals surface area (Å²) in [7, 11) is -1.93. The molecule has 0 N–H and O–H groups in total. The van der Waals surface area contributed by atoms with Gasteiger partial charge >= 0.3 is 0 Å². The highest BCUT2D eigenvalue weighted by atomic mass is 28.3. The van der Waals surface area contributed by atoms with E-state index in [2.05, 4.69) is 144 Å². The quantitative estimate of drug-likeness (QED) is 0.240. The second-order valence-electron chi connectivity index (χ2n) is 10.8. The molecule has 0 atom stereocenters. The SMILES string of the molecule is CB(c1ccccc1)c1ccccc1.c1ccc([Si](Cn2ccnc2)(c2ccccc2)C2CCCCC2)cc1. The molecule has 0 bridgehead atoms. The fourth-order valence-corrected chi connectivity index (χ4v) is 12.0. The Morgan fingerprint density at radius 3 is 1.56 bits per heavy atom. The maximum absolute atomic E-state index is 4.32. The number of hydrogen-bond donors (Lipinski definition) is 0. The zero-order valence-electron chi connectivity index (χ0n) is 23.1. The van der Waals surface area contributed by atoms with E-state index in [4.69, 9.17) is 0 Å². The summed E-state index contributed by atoms with van der Waals surface area (Å²) in [5, 5.41) is 3.14. The summed E-state index contributed by atoms with van der Waals surface area (Å²) in [4.78, 5) is 4.32. The molecule has 1 aliphatic carbocycles. The zero-order chi connectivity index (χ0) is 26.8.